The van der Waals surface area contributed by atoms with Gasteiger partial charge in [-0.15, -0.1) is 0 Å². The largest absolute Gasteiger partial charge is 0.362 e. The van der Waals surface area contributed by atoms with Crippen LogP contribution < -0.4 is 22.1 Å². The molecule has 13 heteroatoms. The smallest absolute Gasteiger partial charge is 0.320 e. The number of benzene rings is 2. The van der Waals surface area contributed by atoms with Crippen LogP contribution in [-0.2, 0) is 9.59 Å². The van der Waals surface area contributed by atoms with Crippen LogP contribution in [0.15, 0.2) is 53.3 Å². The first-order valence-electron chi connectivity index (χ1n) is 8.80. The lowest BCUT2D eigenvalue weighted by atomic mass is 10.1. The third-order valence-corrected chi connectivity index (χ3v) is 4.42. The van der Waals surface area contributed by atoms with E-state index in [1.807, 2.05) is 0 Å². The third-order valence-electron chi connectivity index (χ3n) is 4.42. The fraction of sp³-hybridized carbons (Fsp3) is 0.158. The summed E-state index contributed by atoms with van der Waals surface area (Å²) in [6, 6.07) is 11.4. The highest BCUT2D eigenvalue weighted by atomic mass is 19.3. The van der Waals surface area contributed by atoms with Crippen LogP contribution in [0.1, 0.15) is 0 Å². The normalized spacial score (nSPS) is 12.9. The van der Waals surface area contributed by atoms with Gasteiger partial charge in [-0.25, -0.2) is 15.2 Å². The minimum atomic E-state index is -5.33. The standard InChI is InChI=1S/C19H14F5N5O3/c20-15(19(23,24)17(32)29-25)18(21,22)16(31)27-11-7-3-1-5-9(11)13-26-12-8-4-2-6-10(12)14(30)28-13/h1-8,15H,25H2,(H,27,31)(H,29,32)(H,26,28,30). The molecular formula is C19H14F5N5O3. The molecule has 0 aliphatic carbocycles. The molecular weight excluding hydrogens is 441 g/mol. The Morgan fingerprint density at radius 3 is 2.25 bits per heavy atom. The summed E-state index contributed by atoms with van der Waals surface area (Å²) in [6.07, 6.45) is -4.51. The number of carbonyl (C=O) groups excluding carboxylic acids is 2. The Labute approximate surface area is 175 Å². The molecule has 3 rings (SSSR count). The molecule has 168 valence electrons. The second kappa shape index (κ2) is 8.34. The summed E-state index contributed by atoms with van der Waals surface area (Å²) in [6.45, 7) is 0. The maximum Gasteiger partial charge on any atom is 0.362 e. The summed E-state index contributed by atoms with van der Waals surface area (Å²) >= 11 is 0. The first-order valence-corrected chi connectivity index (χ1v) is 8.80. The van der Waals surface area contributed by atoms with Crippen molar-refractivity contribution in [3.63, 3.8) is 0 Å². The van der Waals surface area contributed by atoms with Crippen LogP contribution in [0.5, 0.6) is 0 Å². The maximum atomic E-state index is 14.1. The summed E-state index contributed by atoms with van der Waals surface area (Å²) < 4.78 is 69.3. The molecule has 2 amide bonds. The van der Waals surface area contributed by atoms with Gasteiger partial charge in [0, 0.05) is 5.56 Å². The summed E-state index contributed by atoms with van der Waals surface area (Å²) in [7, 11) is 0. The van der Waals surface area contributed by atoms with Crippen LogP contribution in [0.3, 0.4) is 0 Å². The number of carbonyl (C=O) groups is 2. The zero-order valence-corrected chi connectivity index (χ0v) is 15.8. The average Bonchev–Trinajstić information content (AvgIpc) is 2.78. The molecule has 0 aliphatic heterocycles. The number of anilines is 1. The number of nitrogens with one attached hydrogen (secondary N) is 3. The maximum absolute atomic E-state index is 14.1. The highest BCUT2D eigenvalue weighted by Gasteiger charge is 2.63. The van der Waals surface area contributed by atoms with E-state index in [2.05, 4.69) is 15.8 Å². The zero-order chi connectivity index (χ0) is 23.7. The quantitative estimate of drug-likeness (QED) is 0.196. The van der Waals surface area contributed by atoms with E-state index in [0.29, 0.717) is 0 Å². The minimum absolute atomic E-state index is 0.0543. The van der Waals surface area contributed by atoms with Crippen LogP contribution in [0, 0.1) is 0 Å². The lowest BCUT2D eigenvalue weighted by Gasteiger charge is -2.25. The number of nitrogens with two attached hydrogens (primary N) is 1. The molecule has 1 aromatic heterocycles. The van der Waals surface area contributed by atoms with Crippen molar-refractivity contribution >= 4 is 28.4 Å². The van der Waals surface area contributed by atoms with E-state index in [1.165, 1.54) is 30.3 Å². The molecule has 0 spiro atoms. The number of amides is 2. The number of para-hydroxylation sites is 2. The van der Waals surface area contributed by atoms with Crippen molar-refractivity contribution in [2.45, 2.75) is 18.0 Å². The van der Waals surface area contributed by atoms with Crippen LogP contribution in [0.25, 0.3) is 22.3 Å². The number of aromatic amines is 1. The second-order valence-corrected chi connectivity index (χ2v) is 6.51. The third kappa shape index (κ3) is 4.01. The SMILES string of the molecule is NNC(=O)C(F)(F)C(F)C(F)(F)C(=O)Nc1ccccc1-c1nc2ccccc2c(=O)[nH]1. The van der Waals surface area contributed by atoms with Gasteiger partial charge in [-0.3, -0.25) is 19.8 Å². The van der Waals surface area contributed by atoms with Crippen LogP contribution in [0.4, 0.5) is 27.6 Å². The van der Waals surface area contributed by atoms with Crippen molar-refractivity contribution < 1.29 is 31.5 Å². The molecule has 8 nitrogen and oxygen atoms in total. The predicted molar refractivity (Wildman–Crippen MR) is 104 cm³/mol. The highest BCUT2D eigenvalue weighted by molar-refractivity contribution is 6.00. The number of hydrazine groups is 1. The van der Waals surface area contributed by atoms with Gasteiger partial charge in [0.1, 0.15) is 5.82 Å². The first-order chi connectivity index (χ1) is 15.0. The summed E-state index contributed by atoms with van der Waals surface area (Å²) in [4.78, 5) is 41.8. The molecule has 0 saturated heterocycles. The number of nitrogens with zero attached hydrogens (tertiary/aromatic N) is 1. The molecule has 0 saturated carbocycles. The van der Waals surface area contributed by atoms with E-state index >= 15 is 0 Å². The number of halogens is 5. The minimum Gasteiger partial charge on any atom is -0.320 e. The van der Waals surface area contributed by atoms with Crippen LogP contribution in [0.2, 0.25) is 0 Å². The van der Waals surface area contributed by atoms with Crippen LogP contribution >= 0.6 is 0 Å². The van der Waals surface area contributed by atoms with Gasteiger partial charge < -0.3 is 10.3 Å². The van der Waals surface area contributed by atoms with Crippen molar-refractivity contribution in [3.05, 3.63) is 58.9 Å². The zero-order valence-electron chi connectivity index (χ0n) is 15.8. The van der Waals surface area contributed by atoms with Crippen molar-refractivity contribution in [3.8, 4) is 11.4 Å². The van der Waals surface area contributed by atoms with Gasteiger partial charge in [-0.1, -0.05) is 24.3 Å². The monoisotopic (exact) mass is 455 g/mol. The fourth-order valence-electron chi connectivity index (χ4n) is 2.77. The second-order valence-electron chi connectivity index (χ2n) is 6.51. The summed E-state index contributed by atoms with van der Waals surface area (Å²) in [5.41, 5.74) is 0.123. The lowest BCUT2D eigenvalue weighted by molar-refractivity contribution is -0.192. The Balaban J connectivity index is 1.97. The van der Waals surface area contributed by atoms with E-state index in [4.69, 9.17) is 0 Å². The van der Waals surface area contributed by atoms with Crippen LogP contribution in [-0.4, -0.2) is 39.8 Å². The fourth-order valence-corrected chi connectivity index (χ4v) is 2.77. The van der Waals surface area contributed by atoms with Crippen molar-refractivity contribution in [1.29, 1.82) is 0 Å². The van der Waals surface area contributed by atoms with E-state index in [1.54, 1.807) is 17.4 Å². The number of aromatic nitrogens is 2. The van der Waals surface area contributed by atoms with E-state index in [9.17, 15) is 36.3 Å². The summed E-state index contributed by atoms with van der Waals surface area (Å²) in [5, 5.41) is 1.88. The molecule has 0 aliphatic rings. The number of alkyl halides is 5. The van der Waals surface area contributed by atoms with Gasteiger partial charge in [0.25, 0.3) is 11.5 Å². The molecule has 5 N–H and O–H groups in total. The summed E-state index contributed by atoms with van der Waals surface area (Å²) in [5.74, 6) is -11.3. The van der Waals surface area contributed by atoms with Gasteiger partial charge in [-0.05, 0) is 24.3 Å². The molecule has 1 unspecified atom stereocenters. The Hall–Kier alpha value is -3.87. The molecule has 3 aromatic rings. The van der Waals surface area contributed by atoms with Gasteiger partial charge in [0.2, 0.25) is 6.17 Å². The van der Waals surface area contributed by atoms with E-state index < -0.39 is 35.4 Å². The van der Waals surface area contributed by atoms with Gasteiger partial charge in [-0.2, -0.15) is 17.6 Å². The van der Waals surface area contributed by atoms with Gasteiger partial charge >= 0.3 is 17.8 Å². The Morgan fingerprint density at radius 2 is 1.56 bits per heavy atom. The molecule has 0 fully saturated rings. The number of H-pyrrole nitrogens is 1. The Bertz CT molecular complexity index is 1250. The number of fused-ring (bicyclic) bond motifs is 1. The Kier molecular flexibility index (Phi) is 5.94. The Morgan fingerprint density at radius 1 is 0.969 bits per heavy atom. The molecule has 1 atom stereocenters. The topological polar surface area (TPSA) is 130 Å². The van der Waals surface area contributed by atoms with E-state index in [-0.39, 0.29) is 28.0 Å². The van der Waals surface area contributed by atoms with Crippen molar-refractivity contribution in [2.75, 3.05) is 5.32 Å². The predicted octanol–water partition coefficient (Wildman–Crippen LogP) is 2.13. The van der Waals surface area contributed by atoms with Crippen molar-refractivity contribution in [2.24, 2.45) is 5.84 Å². The number of rotatable bonds is 6. The molecule has 32 heavy (non-hydrogen) atoms. The first kappa shape index (κ1) is 22.8. The van der Waals surface area contributed by atoms with E-state index in [0.717, 1.165) is 11.5 Å². The molecule has 1 heterocycles. The van der Waals surface area contributed by atoms with Gasteiger partial charge in [0.15, 0.2) is 0 Å². The highest BCUT2D eigenvalue weighted by Crippen LogP contribution is 2.36. The molecule has 0 bridgehead atoms. The molecule has 2 aromatic carbocycles. The molecule has 0 radical (unpaired) electrons. The van der Waals surface area contributed by atoms with Crippen molar-refractivity contribution in [1.82, 2.24) is 15.4 Å². The van der Waals surface area contributed by atoms with Gasteiger partial charge in [0.05, 0.1) is 16.6 Å². The lowest BCUT2D eigenvalue weighted by Crippen LogP contribution is -2.58. The number of hydrogen-bond acceptors (Lipinski definition) is 5. The average molecular weight is 455 g/mol. The number of hydrogen-bond donors (Lipinski definition) is 4.